The molecule has 0 radical (unpaired) electrons. The summed E-state index contributed by atoms with van der Waals surface area (Å²) < 4.78 is 95.7. The highest BCUT2D eigenvalue weighted by Gasteiger charge is 2.41. The van der Waals surface area contributed by atoms with E-state index >= 15 is 26.3 Å². The third-order valence-corrected chi connectivity index (χ3v) is 15.8. The third kappa shape index (κ3) is 9.07. The molecule has 0 amide bonds. The maximum atomic E-state index is 15.3. The van der Waals surface area contributed by atoms with E-state index in [9.17, 15) is 5.26 Å². The average molecular weight is 1080 g/mol. The standard InChI is InChI=1S/C73H49F6N3/c1-43-10-5-14-48(32-43)52-21-27-66-59(37-52)60-38-53(49-15-6-11-44(2)33-49)22-28-67(60)81(66)65-31-25-56(71-63(72(74,75)76)18-9-19-64(71)73(77,78)79)41-58(65)57-26-20-47(42-80)36-70(57)82-68-29-23-54(50-16-7-12-45(3)34-50)39-61(68)62-40-55(24-30-69(62)82)51-17-8-13-46(4)35-51/h5-41H,1-4H3. The Balaban J connectivity index is 1.15. The molecule has 2 aromatic heterocycles. The number of halogens is 6. The summed E-state index contributed by atoms with van der Waals surface area (Å²) >= 11 is 0. The summed E-state index contributed by atoms with van der Waals surface area (Å²) in [4.78, 5) is 0. The lowest BCUT2D eigenvalue weighted by Crippen LogP contribution is -2.14. The molecule has 82 heavy (non-hydrogen) atoms. The smallest absolute Gasteiger partial charge is 0.309 e. The van der Waals surface area contributed by atoms with Crippen LogP contribution in [0.15, 0.2) is 224 Å². The molecule has 0 aliphatic rings. The number of hydrogen-bond donors (Lipinski definition) is 0. The van der Waals surface area contributed by atoms with E-state index in [0.717, 1.165) is 116 Å². The molecule has 0 unspecified atom stereocenters. The topological polar surface area (TPSA) is 33.6 Å². The van der Waals surface area contributed by atoms with Crippen molar-refractivity contribution in [3.63, 3.8) is 0 Å². The normalized spacial score (nSPS) is 12.0. The van der Waals surface area contributed by atoms with Crippen LogP contribution in [0.3, 0.4) is 0 Å². The van der Waals surface area contributed by atoms with Crippen molar-refractivity contribution in [3.8, 4) is 84.2 Å². The molecule has 0 bridgehead atoms. The second-order valence-electron chi connectivity index (χ2n) is 21.4. The van der Waals surface area contributed by atoms with Crippen LogP contribution >= 0.6 is 0 Å². The van der Waals surface area contributed by atoms with E-state index in [4.69, 9.17) is 0 Å². The molecule has 0 fully saturated rings. The van der Waals surface area contributed by atoms with Crippen LogP contribution in [-0.2, 0) is 12.4 Å². The molecule has 0 saturated carbocycles. The molecular formula is C73H49F6N3. The van der Waals surface area contributed by atoms with Crippen LogP contribution in [-0.4, -0.2) is 9.13 Å². The van der Waals surface area contributed by atoms with E-state index in [0.29, 0.717) is 40.2 Å². The highest BCUT2D eigenvalue weighted by molar-refractivity contribution is 6.14. The minimum absolute atomic E-state index is 0.286. The Kier molecular flexibility index (Phi) is 12.4. The zero-order valence-electron chi connectivity index (χ0n) is 45.0. The predicted molar refractivity (Wildman–Crippen MR) is 321 cm³/mol. The van der Waals surface area contributed by atoms with Gasteiger partial charge in [-0.05, 0) is 163 Å². The van der Waals surface area contributed by atoms with Gasteiger partial charge in [0.15, 0.2) is 0 Å². The van der Waals surface area contributed by atoms with Gasteiger partial charge >= 0.3 is 12.4 Å². The Morgan fingerprint density at radius 3 is 1.01 bits per heavy atom. The van der Waals surface area contributed by atoms with Crippen LogP contribution in [0.2, 0.25) is 0 Å². The second-order valence-corrected chi connectivity index (χ2v) is 21.4. The molecule has 3 nitrogen and oxygen atoms in total. The van der Waals surface area contributed by atoms with Gasteiger partial charge in [0.25, 0.3) is 0 Å². The van der Waals surface area contributed by atoms with Gasteiger partial charge in [-0.1, -0.05) is 162 Å². The molecule has 0 N–H and O–H groups in total. The Morgan fingerprint density at radius 2 is 0.659 bits per heavy atom. The largest absolute Gasteiger partial charge is 0.417 e. The molecule has 0 atom stereocenters. The first-order chi connectivity index (χ1) is 39.5. The number of nitriles is 1. The molecule has 0 saturated heterocycles. The van der Waals surface area contributed by atoms with Crippen LogP contribution in [0, 0.1) is 39.0 Å². The maximum Gasteiger partial charge on any atom is 0.417 e. The number of aromatic nitrogens is 2. The lowest BCUT2D eigenvalue weighted by Gasteiger charge is -2.22. The van der Waals surface area contributed by atoms with E-state index in [2.05, 4.69) is 100 Å². The second kappa shape index (κ2) is 19.7. The molecule has 11 aromatic carbocycles. The van der Waals surface area contributed by atoms with Gasteiger partial charge < -0.3 is 9.13 Å². The van der Waals surface area contributed by atoms with Crippen LogP contribution in [0.1, 0.15) is 38.9 Å². The fraction of sp³-hybridized carbons (Fsp3) is 0.0822. The molecule has 0 aliphatic heterocycles. The van der Waals surface area contributed by atoms with Crippen molar-refractivity contribution in [2.45, 2.75) is 40.0 Å². The highest BCUT2D eigenvalue weighted by atomic mass is 19.4. The number of hydrogen-bond acceptors (Lipinski definition) is 1. The van der Waals surface area contributed by atoms with Crippen molar-refractivity contribution >= 4 is 43.6 Å². The first-order valence-electron chi connectivity index (χ1n) is 26.9. The van der Waals surface area contributed by atoms with Gasteiger partial charge in [0.2, 0.25) is 0 Å². The van der Waals surface area contributed by atoms with Crippen molar-refractivity contribution in [3.05, 3.63) is 263 Å². The molecule has 0 spiro atoms. The van der Waals surface area contributed by atoms with Gasteiger partial charge in [0.05, 0.1) is 56.2 Å². The Morgan fingerprint density at radius 1 is 0.317 bits per heavy atom. The predicted octanol–water partition coefficient (Wildman–Crippen LogP) is 21.0. The molecule has 13 rings (SSSR count). The summed E-state index contributed by atoms with van der Waals surface area (Å²) in [5, 5.41) is 14.3. The number of aryl methyl sites for hydroxylation is 4. The Bertz CT molecular complexity index is 4560. The highest BCUT2D eigenvalue weighted by Crippen LogP contribution is 2.49. The first kappa shape index (κ1) is 51.5. The number of benzene rings is 11. The SMILES string of the molecule is Cc1cccc(-c2ccc3c(c2)c2cc(-c4cccc(C)c4)ccc2n3-c2ccc(-c3c(C(F)(F)F)cccc3C(F)(F)F)cc2-c2ccc(C#N)cc2-n2c3ccc(-c4cccc(C)c4)cc3c3cc(-c4cccc(C)c4)ccc32)c1. The van der Waals surface area contributed by atoms with E-state index in [1.807, 2.05) is 113 Å². The Hall–Kier alpha value is -9.91. The van der Waals surface area contributed by atoms with E-state index in [1.54, 1.807) is 24.3 Å². The van der Waals surface area contributed by atoms with Crippen molar-refractivity contribution in [2.24, 2.45) is 0 Å². The van der Waals surface area contributed by atoms with Crippen molar-refractivity contribution < 1.29 is 26.3 Å². The van der Waals surface area contributed by atoms with Gasteiger partial charge in [-0.2, -0.15) is 31.6 Å². The summed E-state index contributed by atoms with van der Waals surface area (Å²) in [6.07, 6.45) is -10.3. The van der Waals surface area contributed by atoms with Crippen LogP contribution in [0.4, 0.5) is 26.3 Å². The monoisotopic (exact) mass is 1080 g/mol. The zero-order chi connectivity index (χ0) is 56.8. The summed E-state index contributed by atoms with van der Waals surface area (Å²) in [7, 11) is 0. The Labute approximate surface area is 469 Å². The van der Waals surface area contributed by atoms with E-state index in [1.165, 1.54) is 12.1 Å². The lowest BCUT2D eigenvalue weighted by atomic mass is 9.90. The van der Waals surface area contributed by atoms with Gasteiger partial charge in [-0.25, -0.2) is 0 Å². The third-order valence-electron chi connectivity index (χ3n) is 15.8. The number of rotatable bonds is 8. The van der Waals surface area contributed by atoms with Gasteiger partial charge in [-0.3, -0.25) is 0 Å². The summed E-state index contributed by atoms with van der Waals surface area (Å²) in [5.41, 5.74) is 13.3. The van der Waals surface area contributed by atoms with Crippen LogP contribution < -0.4 is 0 Å². The quantitative estimate of drug-likeness (QED) is 0.140. The van der Waals surface area contributed by atoms with Crippen LogP contribution in [0.5, 0.6) is 0 Å². The van der Waals surface area contributed by atoms with Gasteiger partial charge in [0, 0.05) is 38.2 Å². The minimum Gasteiger partial charge on any atom is -0.309 e. The summed E-state index contributed by atoms with van der Waals surface area (Å²) in [6.45, 7) is 8.18. The molecule has 398 valence electrons. The number of fused-ring (bicyclic) bond motifs is 6. The number of nitrogens with zero attached hydrogens (tertiary/aromatic N) is 3. The summed E-state index contributed by atoms with van der Waals surface area (Å²) in [6, 6.07) is 72.1. The van der Waals surface area contributed by atoms with Gasteiger partial charge in [0.1, 0.15) is 0 Å². The fourth-order valence-corrected chi connectivity index (χ4v) is 12.0. The lowest BCUT2D eigenvalue weighted by molar-refractivity contribution is -0.142. The van der Waals surface area contributed by atoms with Crippen molar-refractivity contribution in [2.75, 3.05) is 0 Å². The molecule has 13 aromatic rings. The van der Waals surface area contributed by atoms with Crippen molar-refractivity contribution in [1.29, 1.82) is 5.26 Å². The fourth-order valence-electron chi connectivity index (χ4n) is 12.0. The molecular weight excluding hydrogens is 1030 g/mol. The summed E-state index contributed by atoms with van der Waals surface area (Å²) in [5.74, 6) is 0. The van der Waals surface area contributed by atoms with Crippen molar-refractivity contribution in [1.82, 2.24) is 9.13 Å². The molecule has 2 heterocycles. The van der Waals surface area contributed by atoms with E-state index in [-0.39, 0.29) is 5.56 Å². The molecule has 9 heteroatoms. The maximum absolute atomic E-state index is 15.3. The first-order valence-corrected chi connectivity index (χ1v) is 26.9. The number of alkyl halides is 6. The molecule has 0 aliphatic carbocycles. The van der Waals surface area contributed by atoms with Crippen LogP contribution in [0.25, 0.3) is 122 Å². The average Bonchev–Trinajstić information content (AvgIpc) is 3.52. The minimum atomic E-state index is -5.15. The van der Waals surface area contributed by atoms with Gasteiger partial charge in [-0.15, -0.1) is 0 Å². The van der Waals surface area contributed by atoms with E-state index < -0.39 is 29.0 Å². The zero-order valence-corrected chi connectivity index (χ0v) is 45.0.